The molecular formula is C17H22N6O3S2. The number of carbonyl (C=O) groups is 1. The maximum atomic E-state index is 12.9. The van der Waals surface area contributed by atoms with Crippen LogP contribution in [-0.4, -0.2) is 64.2 Å². The van der Waals surface area contributed by atoms with E-state index in [1.54, 1.807) is 34.5 Å². The van der Waals surface area contributed by atoms with Gasteiger partial charge < -0.3 is 4.90 Å². The van der Waals surface area contributed by atoms with E-state index in [1.165, 1.54) is 16.4 Å². The second kappa shape index (κ2) is 7.80. The van der Waals surface area contributed by atoms with Gasteiger partial charge in [-0.3, -0.25) is 4.79 Å². The molecule has 28 heavy (non-hydrogen) atoms. The number of carbonyl (C=O) groups excluding carboxylic acids is 1. The van der Waals surface area contributed by atoms with Gasteiger partial charge in [0.2, 0.25) is 21.1 Å². The number of aryl methyl sites for hydroxylation is 1. The van der Waals surface area contributed by atoms with Gasteiger partial charge in [-0.05, 0) is 53.5 Å². The molecule has 1 fully saturated rings. The average molecular weight is 423 g/mol. The molecule has 0 N–H and O–H groups in total. The fourth-order valence-corrected chi connectivity index (χ4v) is 5.89. The van der Waals surface area contributed by atoms with Gasteiger partial charge in [-0.25, -0.2) is 13.1 Å². The predicted molar refractivity (Wildman–Crippen MR) is 105 cm³/mol. The number of nitrogens with zero attached hydrogens (tertiary/aromatic N) is 6. The zero-order chi connectivity index (χ0) is 19.7. The Morgan fingerprint density at radius 3 is 2.68 bits per heavy atom. The first-order chi connectivity index (χ1) is 13.5. The maximum Gasteiger partial charge on any atom is 0.243 e. The molecule has 2 aliphatic heterocycles. The van der Waals surface area contributed by atoms with Crippen LogP contribution in [0.4, 0.5) is 5.69 Å². The smallest absolute Gasteiger partial charge is 0.243 e. The van der Waals surface area contributed by atoms with Crippen LogP contribution < -0.4 is 4.90 Å². The molecule has 9 nitrogen and oxygen atoms in total. The van der Waals surface area contributed by atoms with Crippen LogP contribution in [-0.2, 0) is 28.3 Å². The first-order valence-corrected chi connectivity index (χ1v) is 11.7. The van der Waals surface area contributed by atoms with Crippen LogP contribution in [0, 0.1) is 0 Å². The summed E-state index contributed by atoms with van der Waals surface area (Å²) in [4.78, 5) is 14.7. The normalized spacial score (nSPS) is 17.7. The van der Waals surface area contributed by atoms with E-state index in [1.807, 2.05) is 0 Å². The summed E-state index contributed by atoms with van der Waals surface area (Å²) in [5.41, 5.74) is 1.69. The minimum atomic E-state index is -3.47. The maximum absolute atomic E-state index is 12.9. The lowest BCUT2D eigenvalue weighted by atomic mass is 10.2. The van der Waals surface area contributed by atoms with Crippen molar-refractivity contribution in [3.8, 4) is 0 Å². The molecule has 0 bridgehead atoms. The number of rotatable bonds is 5. The molecule has 0 radical (unpaired) electrons. The van der Waals surface area contributed by atoms with Crippen molar-refractivity contribution in [3.05, 3.63) is 23.8 Å². The van der Waals surface area contributed by atoms with Gasteiger partial charge in [0.25, 0.3) is 0 Å². The molecule has 0 atom stereocenters. The van der Waals surface area contributed by atoms with Crippen LogP contribution in [0.15, 0.2) is 28.3 Å². The number of tetrazole rings is 1. The van der Waals surface area contributed by atoms with Crippen molar-refractivity contribution in [3.63, 3.8) is 0 Å². The third kappa shape index (κ3) is 3.65. The molecule has 2 aliphatic rings. The number of benzene rings is 1. The summed E-state index contributed by atoms with van der Waals surface area (Å²) in [7, 11) is -1.74. The molecule has 1 saturated heterocycles. The second-order valence-corrected chi connectivity index (χ2v) is 9.80. The van der Waals surface area contributed by atoms with Crippen molar-refractivity contribution in [2.24, 2.45) is 7.05 Å². The number of fused-ring (bicyclic) bond motifs is 1. The number of piperidine rings is 1. The zero-order valence-electron chi connectivity index (χ0n) is 15.6. The molecule has 0 unspecified atom stereocenters. The highest BCUT2D eigenvalue weighted by Crippen LogP contribution is 2.32. The summed E-state index contributed by atoms with van der Waals surface area (Å²) in [5.74, 6) is 0.181. The van der Waals surface area contributed by atoms with E-state index in [0.29, 0.717) is 36.1 Å². The van der Waals surface area contributed by atoms with Crippen LogP contribution in [0.2, 0.25) is 0 Å². The Morgan fingerprint density at radius 2 is 1.96 bits per heavy atom. The molecule has 3 heterocycles. The highest BCUT2D eigenvalue weighted by atomic mass is 32.2. The Labute approximate surface area is 168 Å². The van der Waals surface area contributed by atoms with Gasteiger partial charge in [-0.2, -0.15) is 4.31 Å². The van der Waals surface area contributed by atoms with E-state index in [9.17, 15) is 13.2 Å². The first-order valence-electron chi connectivity index (χ1n) is 9.25. The molecule has 11 heteroatoms. The van der Waals surface area contributed by atoms with E-state index < -0.39 is 10.0 Å². The Kier molecular flexibility index (Phi) is 5.39. The highest BCUT2D eigenvalue weighted by molar-refractivity contribution is 7.99. The number of amides is 1. The molecule has 4 rings (SSSR count). The lowest BCUT2D eigenvalue weighted by Gasteiger charge is -2.26. The molecular weight excluding hydrogens is 400 g/mol. The number of anilines is 1. The van der Waals surface area contributed by atoms with Gasteiger partial charge >= 0.3 is 0 Å². The number of hydrogen-bond donors (Lipinski definition) is 0. The Hall–Kier alpha value is -1.98. The minimum Gasteiger partial charge on any atom is -0.311 e. The molecule has 2 aromatic rings. The standard InChI is InChI=1S/C17H22N6O3S2/c1-21-17(18-19-20-21)27-12-16(24)23-10-7-13-11-14(5-6-15(13)23)28(25,26)22-8-3-2-4-9-22/h5-6,11H,2-4,7-10,12H2,1H3. The highest BCUT2D eigenvalue weighted by Gasteiger charge is 2.30. The Bertz CT molecular complexity index is 985. The fraction of sp³-hybridized carbons (Fsp3) is 0.529. The van der Waals surface area contributed by atoms with E-state index in [4.69, 9.17) is 0 Å². The van der Waals surface area contributed by atoms with Crippen LogP contribution in [0.25, 0.3) is 0 Å². The van der Waals surface area contributed by atoms with Crippen LogP contribution >= 0.6 is 11.8 Å². The number of thioether (sulfide) groups is 1. The van der Waals surface area contributed by atoms with Gasteiger partial charge in [0.05, 0.1) is 10.6 Å². The van der Waals surface area contributed by atoms with Gasteiger partial charge in [0.15, 0.2) is 0 Å². The molecule has 1 aromatic heterocycles. The summed E-state index contributed by atoms with van der Waals surface area (Å²) in [6, 6.07) is 5.10. The predicted octanol–water partition coefficient (Wildman–Crippen LogP) is 1.07. The monoisotopic (exact) mass is 422 g/mol. The zero-order valence-corrected chi connectivity index (χ0v) is 17.2. The van der Waals surface area contributed by atoms with Crippen LogP contribution in [0.3, 0.4) is 0 Å². The molecule has 1 amide bonds. The van der Waals surface area contributed by atoms with Crippen LogP contribution in [0.5, 0.6) is 0 Å². The SMILES string of the molecule is Cn1nnnc1SCC(=O)N1CCc2cc(S(=O)(=O)N3CCCCC3)ccc21. The summed E-state index contributed by atoms with van der Waals surface area (Å²) in [6.07, 6.45) is 3.55. The van der Waals surface area contributed by atoms with Crippen molar-refractivity contribution >= 4 is 33.4 Å². The average Bonchev–Trinajstić information content (AvgIpc) is 3.32. The van der Waals surface area contributed by atoms with Gasteiger partial charge in [-0.1, -0.05) is 18.2 Å². The summed E-state index contributed by atoms with van der Waals surface area (Å²) in [5, 5.41) is 11.8. The summed E-state index contributed by atoms with van der Waals surface area (Å²) >= 11 is 1.28. The quantitative estimate of drug-likeness (QED) is 0.664. The largest absolute Gasteiger partial charge is 0.311 e. The topological polar surface area (TPSA) is 101 Å². The number of aromatic nitrogens is 4. The van der Waals surface area contributed by atoms with E-state index in [2.05, 4.69) is 15.5 Å². The molecule has 0 spiro atoms. The molecule has 0 saturated carbocycles. The first kappa shape index (κ1) is 19.3. The Morgan fingerprint density at radius 1 is 1.18 bits per heavy atom. The van der Waals surface area contributed by atoms with Gasteiger partial charge in [0, 0.05) is 32.4 Å². The van der Waals surface area contributed by atoms with Gasteiger partial charge in [-0.15, -0.1) is 5.10 Å². The fourth-order valence-electron chi connectivity index (χ4n) is 3.60. The molecule has 150 valence electrons. The van der Waals surface area contributed by atoms with Gasteiger partial charge in [0.1, 0.15) is 0 Å². The molecule has 1 aromatic carbocycles. The Balaban J connectivity index is 1.48. The number of hydrogen-bond acceptors (Lipinski definition) is 7. The third-order valence-corrected chi connectivity index (χ3v) is 8.00. The van der Waals surface area contributed by atoms with Crippen molar-refractivity contribution in [2.45, 2.75) is 35.7 Å². The van der Waals surface area contributed by atoms with Crippen LogP contribution in [0.1, 0.15) is 24.8 Å². The third-order valence-electron chi connectivity index (χ3n) is 5.11. The summed E-state index contributed by atoms with van der Waals surface area (Å²) < 4.78 is 28.9. The van der Waals surface area contributed by atoms with E-state index >= 15 is 0 Å². The minimum absolute atomic E-state index is 0.0432. The summed E-state index contributed by atoms with van der Waals surface area (Å²) in [6.45, 7) is 1.72. The van der Waals surface area contributed by atoms with E-state index in [0.717, 1.165) is 30.5 Å². The lowest BCUT2D eigenvalue weighted by Crippen LogP contribution is -2.35. The van der Waals surface area contributed by atoms with Crippen molar-refractivity contribution < 1.29 is 13.2 Å². The van der Waals surface area contributed by atoms with Crippen molar-refractivity contribution in [1.82, 2.24) is 24.5 Å². The lowest BCUT2D eigenvalue weighted by molar-refractivity contribution is -0.116. The number of sulfonamides is 1. The van der Waals surface area contributed by atoms with Crippen molar-refractivity contribution in [1.29, 1.82) is 0 Å². The molecule has 0 aliphatic carbocycles. The van der Waals surface area contributed by atoms with Crippen molar-refractivity contribution in [2.75, 3.05) is 30.3 Å². The second-order valence-electron chi connectivity index (χ2n) is 6.92. The van der Waals surface area contributed by atoms with E-state index in [-0.39, 0.29) is 11.7 Å².